The summed E-state index contributed by atoms with van der Waals surface area (Å²) in [6.45, 7) is 4.28. The van der Waals surface area contributed by atoms with Gasteiger partial charge in [-0.15, -0.1) is 0 Å². The molecule has 0 aliphatic carbocycles. The summed E-state index contributed by atoms with van der Waals surface area (Å²) in [5, 5.41) is 6.71. The van der Waals surface area contributed by atoms with Gasteiger partial charge in [-0.25, -0.2) is 0 Å². The maximum absolute atomic E-state index is 5.64. The molecule has 6 rings (SSSR count). The molecule has 0 saturated heterocycles. The quantitative estimate of drug-likeness (QED) is 0.309. The first-order chi connectivity index (χ1) is 15.7. The predicted octanol–water partition coefficient (Wildman–Crippen LogP) is 7.12. The second-order valence-electron chi connectivity index (χ2n) is 8.04. The molecule has 0 spiro atoms. The molecule has 0 amide bonds. The van der Waals surface area contributed by atoms with Gasteiger partial charge in [0.1, 0.15) is 0 Å². The topological polar surface area (TPSA) is 43.9 Å². The summed E-state index contributed by atoms with van der Waals surface area (Å²) in [6, 6.07) is 31.3. The second kappa shape index (κ2) is 7.20. The molecular weight excluding hydrogens is 394 g/mol. The molecule has 154 valence electrons. The Morgan fingerprint density at radius 1 is 0.656 bits per heavy atom. The number of hydrogen-bond donors (Lipinski definition) is 0. The van der Waals surface area contributed by atoms with Crippen LogP contribution in [0.4, 0.5) is 0 Å². The third kappa shape index (κ3) is 2.77. The molecule has 0 aliphatic rings. The standard InChI is InChI=1S/C28H21N3O/c1-18-19(2)24(31-25-14-8-6-12-22(25)23-13-7-9-15-26(23)31)17-16-21(18)28-29-27(30-32-28)20-10-4-3-5-11-20/h3-17H,1-2H3. The molecule has 0 atom stereocenters. The first-order valence-electron chi connectivity index (χ1n) is 10.7. The molecule has 4 aromatic carbocycles. The van der Waals surface area contributed by atoms with E-state index in [9.17, 15) is 0 Å². The molecule has 6 aromatic rings. The average Bonchev–Trinajstić information content (AvgIpc) is 3.45. The molecular formula is C28H21N3O. The van der Waals surface area contributed by atoms with Crippen molar-refractivity contribution < 1.29 is 4.52 Å². The van der Waals surface area contributed by atoms with Crippen LogP contribution in [0.5, 0.6) is 0 Å². The summed E-state index contributed by atoms with van der Waals surface area (Å²) in [5.41, 5.74) is 7.79. The van der Waals surface area contributed by atoms with Crippen LogP contribution >= 0.6 is 0 Å². The van der Waals surface area contributed by atoms with Crippen LogP contribution in [0.15, 0.2) is 95.5 Å². The highest BCUT2D eigenvalue weighted by molar-refractivity contribution is 6.09. The number of nitrogens with zero attached hydrogens (tertiary/aromatic N) is 3. The minimum atomic E-state index is 0.540. The summed E-state index contributed by atoms with van der Waals surface area (Å²) < 4.78 is 7.99. The normalized spacial score (nSPS) is 11.4. The van der Waals surface area contributed by atoms with Gasteiger partial charge in [0.15, 0.2) is 0 Å². The Labute approximate surface area is 185 Å². The molecule has 4 nitrogen and oxygen atoms in total. The summed E-state index contributed by atoms with van der Waals surface area (Å²) in [7, 11) is 0. The van der Waals surface area contributed by atoms with E-state index in [-0.39, 0.29) is 0 Å². The van der Waals surface area contributed by atoms with E-state index in [4.69, 9.17) is 4.52 Å². The summed E-state index contributed by atoms with van der Waals surface area (Å²) in [5.74, 6) is 1.14. The molecule has 2 heterocycles. The zero-order valence-corrected chi connectivity index (χ0v) is 17.9. The Hall–Kier alpha value is -4.18. The van der Waals surface area contributed by atoms with Gasteiger partial charge in [-0.05, 0) is 49.2 Å². The van der Waals surface area contributed by atoms with Crippen molar-refractivity contribution in [2.45, 2.75) is 13.8 Å². The van der Waals surface area contributed by atoms with Crippen LogP contribution in [0.3, 0.4) is 0 Å². The van der Waals surface area contributed by atoms with E-state index in [1.54, 1.807) is 0 Å². The molecule has 0 aliphatic heterocycles. The van der Waals surface area contributed by atoms with Gasteiger partial charge in [0.05, 0.1) is 11.0 Å². The van der Waals surface area contributed by atoms with Crippen LogP contribution < -0.4 is 0 Å². The minimum absolute atomic E-state index is 0.540. The van der Waals surface area contributed by atoms with Gasteiger partial charge in [-0.3, -0.25) is 0 Å². The van der Waals surface area contributed by atoms with Crippen molar-refractivity contribution in [2.24, 2.45) is 0 Å². The fourth-order valence-corrected chi connectivity index (χ4v) is 4.50. The van der Waals surface area contributed by atoms with Gasteiger partial charge in [-0.2, -0.15) is 4.98 Å². The van der Waals surface area contributed by atoms with Crippen LogP contribution in [0.1, 0.15) is 11.1 Å². The van der Waals surface area contributed by atoms with E-state index < -0.39 is 0 Å². The third-order valence-electron chi connectivity index (χ3n) is 6.27. The first kappa shape index (κ1) is 18.6. The molecule has 0 N–H and O–H groups in total. The van der Waals surface area contributed by atoms with Gasteiger partial charge in [0.2, 0.25) is 5.82 Å². The fourth-order valence-electron chi connectivity index (χ4n) is 4.50. The second-order valence-corrected chi connectivity index (χ2v) is 8.04. The summed E-state index contributed by atoms with van der Waals surface area (Å²) in [4.78, 5) is 4.66. The number of aromatic nitrogens is 3. The molecule has 0 saturated carbocycles. The van der Waals surface area contributed by atoms with E-state index in [0.717, 1.165) is 22.4 Å². The van der Waals surface area contributed by atoms with Crippen LogP contribution in [-0.2, 0) is 0 Å². The third-order valence-corrected chi connectivity index (χ3v) is 6.27. The van der Waals surface area contributed by atoms with E-state index in [0.29, 0.717) is 11.7 Å². The van der Waals surface area contributed by atoms with Crippen molar-refractivity contribution in [1.29, 1.82) is 0 Å². The minimum Gasteiger partial charge on any atom is -0.334 e. The van der Waals surface area contributed by atoms with Crippen LogP contribution in [0.25, 0.3) is 50.3 Å². The average molecular weight is 415 g/mol. The van der Waals surface area contributed by atoms with Gasteiger partial charge < -0.3 is 9.09 Å². The van der Waals surface area contributed by atoms with Crippen LogP contribution in [0, 0.1) is 13.8 Å². The monoisotopic (exact) mass is 415 g/mol. The maximum Gasteiger partial charge on any atom is 0.258 e. The summed E-state index contributed by atoms with van der Waals surface area (Å²) in [6.07, 6.45) is 0. The Morgan fingerprint density at radius 3 is 1.97 bits per heavy atom. The number of para-hydroxylation sites is 2. The lowest BCUT2D eigenvalue weighted by Gasteiger charge is -2.15. The molecule has 2 aromatic heterocycles. The Balaban J connectivity index is 1.52. The molecule has 4 heteroatoms. The van der Waals surface area contributed by atoms with Gasteiger partial charge in [0, 0.05) is 27.6 Å². The molecule has 0 fully saturated rings. The van der Waals surface area contributed by atoms with Crippen molar-refractivity contribution in [2.75, 3.05) is 0 Å². The fraction of sp³-hybridized carbons (Fsp3) is 0.0714. The van der Waals surface area contributed by atoms with Crippen molar-refractivity contribution >= 4 is 21.8 Å². The lowest BCUT2D eigenvalue weighted by atomic mass is 10.0. The van der Waals surface area contributed by atoms with Gasteiger partial charge >= 0.3 is 0 Å². The Morgan fingerprint density at radius 2 is 1.28 bits per heavy atom. The Kier molecular flexibility index (Phi) is 4.18. The van der Waals surface area contributed by atoms with Crippen molar-refractivity contribution in [3.8, 4) is 28.5 Å². The van der Waals surface area contributed by atoms with Crippen molar-refractivity contribution in [1.82, 2.24) is 14.7 Å². The highest BCUT2D eigenvalue weighted by Gasteiger charge is 2.18. The van der Waals surface area contributed by atoms with E-state index >= 15 is 0 Å². The predicted molar refractivity (Wildman–Crippen MR) is 129 cm³/mol. The highest BCUT2D eigenvalue weighted by Crippen LogP contribution is 2.35. The van der Waals surface area contributed by atoms with Gasteiger partial charge in [0.25, 0.3) is 5.89 Å². The molecule has 0 radical (unpaired) electrons. The SMILES string of the molecule is Cc1c(-c2nc(-c3ccccc3)no2)ccc(-n2c3ccccc3c3ccccc32)c1C. The van der Waals surface area contributed by atoms with Crippen molar-refractivity contribution in [3.05, 3.63) is 102 Å². The smallest absolute Gasteiger partial charge is 0.258 e. The molecule has 32 heavy (non-hydrogen) atoms. The molecule has 0 bridgehead atoms. The maximum atomic E-state index is 5.64. The first-order valence-corrected chi connectivity index (χ1v) is 10.7. The Bertz CT molecular complexity index is 1540. The van der Waals surface area contributed by atoms with Gasteiger partial charge in [-0.1, -0.05) is 71.9 Å². The molecule has 0 unspecified atom stereocenters. The highest BCUT2D eigenvalue weighted by atomic mass is 16.5. The lowest BCUT2D eigenvalue weighted by Crippen LogP contribution is -2.00. The van der Waals surface area contributed by atoms with E-state index in [1.807, 2.05) is 30.3 Å². The van der Waals surface area contributed by atoms with Crippen LogP contribution in [0.2, 0.25) is 0 Å². The van der Waals surface area contributed by atoms with Crippen molar-refractivity contribution in [3.63, 3.8) is 0 Å². The van der Waals surface area contributed by atoms with Crippen LogP contribution in [-0.4, -0.2) is 14.7 Å². The number of hydrogen-bond acceptors (Lipinski definition) is 3. The number of fused-ring (bicyclic) bond motifs is 3. The largest absolute Gasteiger partial charge is 0.334 e. The summed E-state index contributed by atoms with van der Waals surface area (Å²) >= 11 is 0. The van der Waals surface area contributed by atoms with E-state index in [1.165, 1.54) is 27.4 Å². The van der Waals surface area contributed by atoms with E-state index in [2.05, 4.69) is 89.2 Å². The lowest BCUT2D eigenvalue weighted by molar-refractivity contribution is 0.432. The number of rotatable bonds is 3. The number of benzene rings is 4. The zero-order chi connectivity index (χ0) is 21.7. The zero-order valence-electron chi connectivity index (χ0n) is 17.9.